The first-order valence-corrected chi connectivity index (χ1v) is 14.3. The van der Waals surface area contributed by atoms with E-state index in [0.717, 1.165) is 44.3 Å². The minimum Gasteiger partial charge on any atom is -0.493 e. The fraction of sp³-hybridized carbons (Fsp3) is 0.462. The van der Waals surface area contributed by atoms with Gasteiger partial charge in [0.2, 0.25) is 0 Å². The molecule has 0 spiro atoms. The van der Waals surface area contributed by atoms with E-state index in [4.69, 9.17) is 4.74 Å². The van der Waals surface area contributed by atoms with Gasteiger partial charge in [-0.05, 0) is 109 Å². The van der Waals surface area contributed by atoms with Gasteiger partial charge in [0.15, 0.2) is 0 Å². The third kappa shape index (κ3) is 6.68. The van der Waals surface area contributed by atoms with Crippen LogP contribution in [0, 0.1) is 23.4 Å². The highest BCUT2D eigenvalue weighted by molar-refractivity contribution is 9.10. The molecule has 1 atom stereocenters. The Bertz CT molecular complexity index is 1130. The summed E-state index contributed by atoms with van der Waals surface area (Å²) in [5.41, 5.74) is 1.31. The Labute approximate surface area is 215 Å². The molecule has 1 N–H and O–H groups in total. The Balaban J connectivity index is 1.35. The molecule has 1 aliphatic carbocycles. The van der Waals surface area contributed by atoms with E-state index >= 15 is 0 Å². The van der Waals surface area contributed by atoms with Crippen LogP contribution in [0.2, 0.25) is 0 Å². The molecular weight excluding hydrogens is 541 g/mol. The van der Waals surface area contributed by atoms with Crippen LogP contribution in [0.3, 0.4) is 0 Å². The van der Waals surface area contributed by atoms with Crippen molar-refractivity contribution in [3.63, 3.8) is 0 Å². The predicted octanol–water partition coefficient (Wildman–Crippen LogP) is 6.40. The Kier molecular flexibility index (Phi) is 8.60. The van der Waals surface area contributed by atoms with Crippen LogP contribution in [-0.4, -0.2) is 42.1 Å². The molecule has 1 amide bonds. The normalized spacial score (nSPS) is 18.0. The van der Waals surface area contributed by atoms with Crippen molar-refractivity contribution in [3.05, 3.63) is 62.9 Å². The highest BCUT2D eigenvalue weighted by Crippen LogP contribution is 2.45. The van der Waals surface area contributed by atoms with Crippen LogP contribution in [0.1, 0.15) is 60.0 Å². The Morgan fingerprint density at radius 2 is 1.83 bits per heavy atom. The Hall–Kier alpha value is -1.84. The van der Waals surface area contributed by atoms with E-state index in [2.05, 4.69) is 25.6 Å². The lowest BCUT2D eigenvalue weighted by atomic mass is 9.97. The van der Waals surface area contributed by atoms with Gasteiger partial charge in [0.05, 0.1) is 16.6 Å². The lowest BCUT2D eigenvalue weighted by molar-refractivity contribution is 0.0980. The average molecular weight is 572 g/mol. The predicted molar refractivity (Wildman–Crippen MR) is 139 cm³/mol. The second-order valence-corrected chi connectivity index (χ2v) is 11.9. The summed E-state index contributed by atoms with van der Waals surface area (Å²) in [7, 11) is -0.417. The van der Waals surface area contributed by atoms with Gasteiger partial charge in [-0.2, -0.15) is 0 Å². The number of rotatable bonds is 8. The van der Waals surface area contributed by atoms with Crippen LogP contribution < -0.4 is 9.46 Å². The van der Waals surface area contributed by atoms with Crippen LogP contribution in [0.4, 0.5) is 13.2 Å². The van der Waals surface area contributed by atoms with Crippen LogP contribution in [0.15, 0.2) is 28.7 Å². The van der Waals surface area contributed by atoms with Gasteiger partial charge in [0.25, 0.3) is 5.91 Å². The maximum atomic E-state index is 14.8. The molecule has 4 nitrogen and oxygen atoms in total. The number of hydrogen-bond acceptors (Lipinski definition) is 3. The third-order valence-electron chi connectivity index (χ3n) is 6.63. The van der Waals surface area contributed by atoms with Gasteiger partial charge in [-0.25, -0.2) is 13.2 Å². The smallest absolute Gasteiger partial charge is 0.263 e. The van der Waals surface area contributed by atoms with E-state index in [-0.39, 0.29) is 16.0 Å². The van der Waals surface area contributed by atoms with E-state index in [1.807, 2.05) is 18.5 Å². The highest BCUT2D eigenvalue weighted by Gasteiger charge is 2.30. The zero-order chi connectivity index (χ0) is 25.1. The van der Waals surface area contributed by atoms with Gasteiger partial charge < -0.3 is 9.46 Å². The average Bonchev–Trinajstić information content (AvgIpc) is 3.67. The van der Waals surface area contributed by atoms with E-state index in [1.54, 1.807) is 6.07 Å². The fourth-order valence-corrected chi connectivity index (χ4v) is 5.12. The summed E-state index contributed by atoms with van der Waals surface area (Å²) in [4.78, 5) is 14.6. The van der Waals surface area contributed by atoms with Crippen molar-refractivity contribution >= 4 is 37.9 Å². The number of halogens is 4. The minimum absolute atomic E-state index is 0.0605. The maximum Gasteiger partial charge on any atom is 0.263 e. The quantitative estimate of drug-likeness (QED) is 0.295. The van der Waals surface area contributed by atoms with Crippen molar-refractivity contribution in [3.8, 4) is 5.75 Å². The molecule has 1 unspecified atom stereocenters. The number of nitrogens with one attached hydrogen (secondary N) is 1. The molecule has 2 fully saturated rings. The van der Waals surface area contributed by atoms with Gasteiger partial charge in [-0.15, -0.1) is 10.7 Å². The summed E-state index contributed by atoms with van der Waals surface area (Å²) < 4.78 is 51.8. The molecule has 1 saturated heterocycles. The van der Waals surface area contributed by atoms with Crippen LogP contribution in [0.25, 0.3) is 0 Å². The number of amides is 1. The second-order valence-electron chi connectivity index (χ2n) is 9.26. The number of benzene rings is 2. The lowest BCUT2D eigenvalue weighted by Crippen LogP contribution is -2.35. The number of piperidine rings is 1. The topological polar surface area (TPSA) is 41.6 Å². The number of nitrogens with zero attached hydrogens (tertiary/aromatic N) is 1. The van der Waals surface area contributed by atoms with Gasteiger partial charge in [0.1, 0.15) is 23.2 Å². The highest BCUT2D eigenvalue weighted by atomic mass is 79.9. The molecule has 0 bridgehead atoms. The van der Waals surface area contributed by atoms with Crippen molar-refractivity contribution < 1.29 is 22.7 Å². The van der Waals surface area contributed by atoms with Crippen molar-refractivity contribution in [2.45, 2.75) is 45.1 Å². The Morgan fingerprint density at radius 3 is 2.49 bits per heavy atom. The number of likely N-dealkylation sites (tertiary alicyclic amines) is 1. The second kappa shape index (κ2) is 11.5. The van der Waals surface area contributed by atoms with Crippen molar-refractivity contribution in [2.75, 3.05) is 26.0 Å². The van der Waals surface area contributed by atoms with E-state index < -0.39 is 34.0 Å². The van der Waals surface area contributed by atoms with E-state index in [1.165, 1.54) is 18.2 Å². The van der Waals surface area contributed by atoms with E-state index in [9.17, 15) is 18.0 Å². The first kappa shape index (κ1) is 26.2. The molecule has 9 heteroatoms. The Morgan fingerprint density at radius 1 is 1.11 bits per heavy atom. The van der Waals surface area contributed by atoms with Gasteiger partial charge in [-0.3, -0.25) is 9.69 Å². The molecule has 1 saturated carbocycles. The lowest BCUT2D eigenvalue weighted by Gasteiger charge is -2.32. The molecule has 1 heterocycles. The zero-order valence-corrected chi connectivity index (χ0v) is 22.3. The summed E-state index contributed by atoms with van der Waals surface area (Å²) in [6.45, 7) is 4.18. The van der Waals surface area contributed by atoms with Crippen LogP contribution >= 0.6 is 26.6 Å². The first-order valence-electron chi connectivity index (χ1n) is 11.8. The van der Waals surface area contributed by atoms with Gasteiger partial charge in [0, 0.05) is 18.2 Å². The molecular formula is C26H30BrF3N2O2S. The number of hydrogen-bond donors (Lipinski definition) is 1. The van der Waals surface area contributed by atoms with Crippen LogP contribution in [0.5, 0.6) is 5.75 Å². The molecule has 2 aliphatic rings. The SMILES string of the molecule is C/C=S(\C)NC(=O)c1cc(C2CC2)c(OCC2CCN(Cc3cc(F)c(Br)cc3F)CC2)cc1F. The number of ether oxygens (including phenoxy) is 1. The van der Waals surface area contributed by atoms with Gasteiger partial charge >= 0.3 is 0 Å². The molecule has 190 valence electrons. The molecule has 0 radical (unpaired) electrons. The third-order valence-corrected chi connectivity index (χ3v) is 8.46. The molecule has 2 aromatic carbocycles. The van der Waals surface area contributed by atoms with Crippen molar-refractivity contribution in [1.29, 1.82) is 0 Å². The standard InChI is InChI=1S/C26H30BrF3N2O2S/c1-3-35(2)31-26(33)20-11-19(17-4-5-17)25(13-23(20)29)34-15-16-6-8-32(9-7-16)14-18-10-24(30)21(27)12-22(18)28/h3,10-13,16-17H,4-9,14-15H2,1-2H3,(H,31,33). The van der Waals surface area contributed by atoms with Gasteiger partial charge in [-0.1, -0.05) is 0 Å². The van der Waals surface area contributed by atoms with Crippen LogP contribution in [-0.2, 0) is 6.54 Å². The fourth-order valence-electron chi connectivity index (χ4n) is 4.29. The number of carbonyl (C=O) groups is 1. The zero-order valence-electron chi connectivity index (χ0n) is 19.9. The molecule has 4 rings (SSSR count). The molecule has 2 aromatic rings. The summed E-state index contributed by atoms with van der Waals surface area (Å²) in [6.07, 6.45) is 5.60. The first-order chi connectivity index (χ1) is 16.7. The number of carbonyl (C=O) groups excluding carboxylic acids is 1. The largest absolute Gasteiger partial charge is 0.493 e. The monoisotopic (exact) mass is 570 g/mol. The summed E-state index contributed by atoms with van der Waals surface area (Å²) in [6, 6.07) is 5.42. The van der Waals surface area contributed by atoms with Crippen molar-refractivity contribution in [1.82, 2.24) is 9.62 Å². The maximum absolute atomic E-state index is 14.8. The molecule has 0 aromatic heterocycles. The summed E-state index contributed by atoms with van der Waals surface area (Å²) in [5, 5.41) is 1.87. The summed E-state index contributed by atoms with van der Waals surface area (Å²) >= 11 is 3.01. The molecule has 35 heavy (non-hydrogen) atoms. The minimum atomic E-state index is -0.575. The van der Waals surface area contributed by atoms with E-state index in [0.29, 0.717) is 30.4 Å². The van der Waals surface area contributed by atoms with Crippen molar-refractivity contribution in [2.24, 2.45) is 5.92 Å². The summed E-state index contributed by atoms with van der Waals surface area (Å²) in [5.74, 6) is -0.753. The molecule has 1 aliphatic heterocycles.